The smallest absolute Gasteiger partial charge is 0.328 e. The van der Waals surface area contributed by atoms with Gasteiger partial charge in [0.15, 0.2) is 0 Å². The first kappa shape index (κ1) is 23.9. The monoisotopic (exact) mass is 460 g/mol. The molecule has 1 aromatic heterocycles. The number of carbonyl (C=O) groups is 2. The van der Waals surface area contributed by atoms with Crippen molar-refractivity contribution in [3.8, 4) is 11.8 Å². The second kappa shape index (κ2) is 9.57. The van der Waals surface area contributed by atoms with Crippen molar-refractivity contribution in [1.82, 2.24) is 19.7 Å². The molecule has 3 heterocycles. The zero-order valence-corrected chi connectivity index (χ0v) is 20.1. The molecule has 34 heavy (non-hydrogen) atoms. The van der Waals surface area contributed by atoms with Crippen LogP contribution in [0.1, 0.15) is 50.4 Å². The highest BCUT2D eigenvalue weighted by Gasteiger charge is 2.57. The van der Waals surface area contributed by atoms with Gasteiger partial charge >= 0.3 is 6.03 Å². The van der Waals surface area contributed by atoms with Crippen LogP contribution in [-0.4, -0.2) is 67.5 Å². The van der Waals surface area contributed by atoms with Crippen molar-refractivity contribution in [2.24, 2.45) is 0 Å². The van der Waals surface area contributed by atoms with E-state index >= 15 is 0 Å². The number of nitrogens with zero attached hydrogens (tertiary/aromatic N) is 4. The first-order valence-corrected chi connectivity index (χ1v) is 11.8. The summed E-state index contributed by atoms with van der Waals surface area (Å²) in [5.74, 6) is 5.72. The lowest BCUT2D eigenvalue weighted by molar-refractivity contribution is -0.136. The number of hydrogen-bond donors (Lipinski definition) is 1. The van der Waals surface area contributed by atoms with Crippen molar-refractivity contribution in [3.05, 3.63) is 65.5 Å². The maximum Gasteiger partial charge on any atom is 0.328 e. The molecule has 1 spiro atoms. The van der Waals surface area contributed by atoms with Crippen LogP contribution < -0.4 is 0 Å². The fourth-order valence-corrected chi connectivity index (χ4v) is 4.75. The molecule has 0 unspecified atom stereocenters. The van der Waals surface area contributed by atoms with Crippen LogP contribution in [0.25, 0.3) is 0 Å². The Hall–Kier alpha value is -3.21. The molecular formula is C27H32N4O3. The van der Waals surface area contributed by atoms with Gasteiger partial charge in [-0.15, -0.1) is 0 Å². The van der Waals surface area contributed by atoms with Crippen LogP contribution in [0.2, 0.25) is 0 Å². The molecule has 2 aliphatic rings. The molecule has 0 aliphatic carbocycles. The molecule has 3 amide bonds. The topological polar surface area (TPSA) is 77.0 Å². The number of aliphatic hydroxyl groups is 1. The second-order valence-electron chi connectivity index (χ2n) is 9.55. The van der Waals surface area contributed by atoms with Gasteiger partial charge in [-0.3, -0.25) is 19.6 Å². The molecule has 2 fully saturated rings. The molecule has 0 atom stereocenters. The van der Waals surface area contributed by atoms with Crippen molar-refractivity contribution < 1.29 is 14.7 Å². The second-order valence-corrected chi connectivity index (χ2v) is 9.55. The number of likely N-dealkylation sites (N-methyl/N-ethyl adjacent to an activating group) is 1. The molecule has 2 saturated heterocycles. The number of aromatic nitrogens is 1. The minimum Gasteiger partial charge on any atom is -0.378 e. The summed E-state index contributed by atoms with van der Waals surface area (Å²) >= 11 is 0. The number of pyridine rings is 1. The number of rotatable bonds is 5. The van der Waals surface area contributed by atoms with E-state index < -0.39 is 11.1 Å². The lowest BCUT2D eigenvalue weighted by Gasteiger charge is -2.42. The standard InChI is InChI=1S/C27H32N4O3/c1-4-31-25(33)30(20-23-7-5-6-16-28-23)24(32)27(31)14-17-29(18-15-27)19-22-10-8-21(9-11-22)12-13-26(2,3)34/h5-11,16,34H,4,14-15,17-20H2,1-3H3. The first-order valence-electron chi connectivity index (χ1n) is 11.8. The molecule has 0 saturated carbocycles. The Labute approximate surface area is 201 Å². The summed E-state index contributed by atoms with van der Waals surface area (Å²) in [5, 5.41) is 9.76. The maximum atomic E-state index is 13.5. The number of carbonyl (C=O) groups excluding carboxylic acids is 2. The Balaban J connectivity index is 1.41. The summed E-state index contributed by atoms with van der Waals surface area (Å²) in [4.78, 5) is 36.3. The molecule has 2 aromatic rings. The van der Waals surface area contributed by atoms with E-state index in [0.29, 0.717) is 25.1 Å². The van der Waals surface area contributed by atoms with Crippen molar-refractivity contribution in [1.29, 1.82) is 0 Å². The quantitative estimate of drug-likeness (QED) is 0.548. The zero-order valence-electron chi connectivity index (χ0n) is 20.1. The molecule has 7 heteroatoms. The summed E-state index contributed by atoms with van der Waals surface area (Å²) in [7, 11) is 0. The normalized spacial score (nSPS) is 18.4. The summed E-state index contributed by atoms with van der Waals surface area (Å²) < 4.78 is 0. The van der Waals surface area contributed by atoms with Crippen molar-refractivity contribution in [2.75, 3.05) is 19.6 Å². The Morgan fingerprint density at radius 3 is 2.35 bits per heavy atom. The molecule has 1 aromatic carbocycles. The van der Waals surface area contributed by atoms with Gasteiger partial charge < -0.3 is 10.0 Å². The highest BCUT2D eigenvalue weighted by Crippen LogP contribution is 2.38. The lowest BCUT2D eigenvalue weighted by atomic mass is 9.85. The van der Waals surface area contributed by atoms with Gasteiger partial charge in [0.25, 0.3) is 5.91 Å². The SMILES string of the molecule is CCN1C(=O)N(Cc2ccccn2)C(=O)C12CCN(Cc1ccc(C#CC(C)(C)O)cc1)CC2. The predicted molar refractivity (Wildman–Crippen MR) is 129 cm³/mol. The number of likely N-dealkylation sites (tertiary alicyclic amines) is 1. The number of imide groups is 1. The van der Waals surface area contributed by atoms with Crippen LogP contribution >= 0.6 is 0 Å². The number of benzene rings is 1. The molecule has 1 N–H and O–H groups in total. The van der Waals surface area contributed by atoms with Gasteiger partial charge in [0.05, 0.1) is 12.2 Å². The van der Waals surface area contributed by atoms with E-state index in [1.54, 1.807) is 24.9 Å². The third-order valence-corrected chi connectivity index (χ3v) is 6.54. The van der Waals surface area contributed by atoms with Crippen LogP contribution in [0.15, 0.2) is 48.7 Å². The first-order chi connectivity index (χ1) is 16.2. The molecule has 4 rings (SSSR count). The van der Waals surface area contributed by atoms with Crippen LogP contribution in [0, 0.1) is 11.8 Å². The third-order valence-electron chi connectivity index (χ3n) is 6.54. The van der Waals surface area contributed by atoms with Gasteiger partial charge in [0, 0.05) is 37.9 Å². The van der Waals surface area contributed by atoms with Crippen molar-refractivity contribution in [2.45, 2.75) is 57.8 Å². The van der Waals surface area contributed by atoms with E-state index in [2.05, 4.69) is 33.9 Å². The summed E-state index contributed by atoms with van der Waals surface area (Å²) in [5.41, 5.74) is 0.979. The van der Waals surface area contributed by atoms with Gasteiger partial charge in [0.1, 0.15) is 11.1 Å². The summed E-state index contributed by atoms with van der Waals surface area (Å²) in [6, 6.07) is 13.3. The van der Waals surface area contributed by atoms with Gasteiger partial charge in [0.2, 0.25) is 0 Å². The highest BCUT2D eigenvalue weighted by molar-refractivity contribution is 6.07. The largest absolute Gasteiger partial charge is 0.378 e. The number of amides is 3. The molecule has 178 valence electrons. The average molecular weight is 461 g/mol. The Morgan fingerprint density at radius 2 is 1.76 bits per heavy atom. The van der Waals surface area contributed by atoms with E-state index in [1.807, 2.05) is 37.3 Å². The van der Waals surface area contributed by atoms with E-state index in [0.717, 1.165) is 25.2 Å². The van der Waals surface area contributed by atoms with Crippen LogP contribution in [-0.2, 0) is 17.9 Å². The number of hydrogen-bond acceptors (Lipinski definition) is 5. The number of piperidine rings is 1. The fourth-order valence-electron chi connectivity index (χ4n) is 4.75. The lowest BCUT2D eigenvalue weighted by Crippen LogP contribution is -2.56. The van der Waals surface area contributed by atoms with Gasteiger partial charge in [-0.2, -0.15) is 0 Å². The average Bonchev–Trinajstić information content (AvgIpc) is 3.01. The Kier molecular flexibility index (Phi) is 6.74. The maximum absolute atomic E-state index is 13.5. The Morgan fingerprint density at radius 1 is 1.06 bits per heavy atom. The molecule has 2 aliphatic heterocycles. The molecule has 0 bridgehead atoms. The van der Waals surface area contributed by atoms with Crippen molar-refractivity contribution >= 4 is 11.9 Å². The minimum absolute atomic E-state index is 0.0978. The fraction of sp³-hybridized carbons (Fsp3) is 0.444. The van der Waals surface area contributed by atoms with Gasteiger partial charge in [-0.1, -0.05) is 30.0 Å². The molecular weight excluding hydrogens is 428 g/mol. The van der Waals surface area contributed by atoms with Crippen molar-refractivity contribution in [3.63, 3.8) is 0 Å². The zero-order chi connectivity index (χ0) is 24.3. The van der Waals surface area contributed by atoms with Gasteiger partial charge in [-0.25, -0.2) is 4.79 Å². The third kappa shape index (κ3) is 4.98. The minimum atomic E-state index is -1.01. The van der Waals surface area contributed by atoms with E-state index in [4.69, 9.17) is 0 Å². The number of urea groups is 1. The highest BCUT2D eigenvalue weighted by atomic mass is 16.3. The Bertz CT molecular complexity index is 1090. The van der Waals surface area contributed by atoms with Crippen LogP contribution in [0.5, 0.6) is 0 Å². The summed E-state index contributed by atoms with van der Waals surface area (Å²) in [6.45, 7) is 8.25. The summed E-state index contributed by atoms with van der Waals surface area (Å²) in [6.07, 6.45) is 2.93. The van der Waals surface area contributed by atoms with Gasteiger partial charge in [-0.05, 0) is 63.4 Å². The predicted octanol–water partition coefficient (Wildman–Crippen LogP) is 3.02. The van der Waals surface area contributed by atoms with E-state index in [1.165, 1.54) is 10.5 Å². The van der Waals surface area contributed by atoms with E-state index in [-0.39, 0.29) is 18.5 Å². The molecule has 7 nitrogen and oxygen atoms in total. The van der Waals surface area contributed by atoms with Crippen LogP contribution in [0.4, 0.5) is 4.79 Å². The molecule has 0 radical (unpaired) electrons. The van der Waals surface area contributed by atoms with Crippen LogP contribution in [0.3, 0.4) is 0 Å². The van der Waals surface area contributed by atoms with E-state index in [9.17, 15) is 14.7 Å².